The summed E-state index contributed by atoms with van der Waals surface area (Å²) in [6.07, 6.45) is 0.911. The molecule has 0 unspecified atom stereocenters. The number of halogens is 1. The lowest BCUT2D eigenvalue weighted by molar-refractivity contribution is 0.0748. The third-order valence-electron chi connectivity index (χ3n) is 2.99. The van der Waals surface area contributed by atoms with E-state index in [0.717, 1.165) is 31.2 Å². The maximum absolute atomic E-state index is 5.40. The first-order valence-electron chi connectivity index (χ1n) is 7.69. The Labute approximate surface area is 160 Å². The third kappa shape index (κ3) is 10.1. The van der Waals surface area contributed by atoms with E-state index in [9.17, 15) is 0 Å². The van der Waals surface area contributed by atoms with Crippen molar-refractivity contribution < 1.29 is 9.47 Å². The van der Waals surface area contributed by atoms with Crippen LogP contribution in [-0.4, -0.2) is 57.5 Å². The van der Waals surface area contributed by atoms with Gasteiger partial charge in [0, 0.05) is 31.5 Å². The normalized spacial score (nSPS) is 11.2. The van der Waals surface area contributed by atoms with Crippen LogP contribution >= 0.6 is 35.3 Å². The van der Waals surface area contributed by atoms with Gasteiger partial charge in [-0.3, -0.25) is 4.99 Å². The van der Waals surface area contributed by atoms with Crippen molar-refractivity contribution in [3.05, 3.63) is 15.6 Å². The van der Waals surface area contributed by atoms with Gasteiger partial charge in [0.05, 0.1) is 37.1 Å². The second-order valence-electron chi connectivity index (χ2n) is 4.79. The van der Waals surface area contributed by atoms with Gasteiger partial charge in [0.1, 0.15) is 0 Å². The minimum atomic E-state index is 0. The van der Waals surface area contributed by atoms with Gasteiger partial charge < -0.3 is 20.1 Å². The van der Waals surface area contributed by atoms with Crippen molar-refractivity contribution in [3.63, 3.8) is 0 Å². The maximum Gasteiger partial charge on any atom is 0.191 e. The number of rotatable bonds is 10. The third-order valence-corrected chi connectivity index (χ3v) is 4.12. The van der Waals surface area contributed by atoms with Crippen LogP contribution < -0.4 is 10.6 Å². The highest BCUT2D eigenvalue weighted by Gasteiger charge is 2.04. The molecule has 1 aromatic heterocycles. The predicted molar refractivity (Wildman–Crippen MR) is 107 cm³/mol. The fourth-order valence-electron chi connectivity index (χ4n) is 1.74. The lowest BCUT2D eigenvalue weighted by atomic mass is 10.4. The molecule has 0 spiro atoms. The summed E-state index contributed by atoms with van der Waals surface area (Å²) in [6.45, 7) is 10.3. The predicted octanol–water partition coefficient (Wildman–Crippen LogP) is 2.14. The maximum atomic E-state index is 5.40. The first-order valence-corrected chi connectivity index (χ1v) is 8.50. The van der Waals surface area contributed by atoms with Crippen molar-refractivity contribution in [3.8, 4) is 0 Å². The lowest BCUT2D eigenvalue weighted by Crippen LogP contribution is -2.38. The highest BCUT2D eigenvalue weighted by molar-refractivity contribution is 14.0. The van der Waals surface area contributed by atoms with E-state index in [-0.39, 0.29) is 24.0 Å². The van der Waals surface area contributed by atoms with Crippen molar-refractivity contribution in [1.82, 2.24) is 15.6 Å². The molecule has 0 aromatic carbocycles. The summed E-state index contributed by atoms with van der Waals surface area (Å²) in [5.74, 6) is 0.822. The highest BCUT2D eigenvalue weighted by Crippen LogP contribution is 2.16. The van der Waals surface area contributed by atoms with Crippen molar-refractivity contribution in [2.45, 2.75) is 27.2 Å². The molecule has 0 saturated carbocycles. The first kappa shape index (κ1) is 22.6. The zero-order valence-electron chi connectivity index (χ0n) is 14.5. The molecule has 0 aliphatic rings. The molecular formula is C15H29IN4O2S. The Morgan fingerprint density at radius 3 is 2.61 bits per heavy atom. The number of aromatic nitrogens is 1. The number of aryl methyl sites for hydroxylation is 2. The Bertz CT molecular complexity index is 435. The van der Waals surface area contributed by atoms with E-state index in [1.54, 1.807) is 18.4 Å². The van der Waals surface area contributed by atoms with Crippen molar-refractivity contribution in [2.24, 2.45) is 4.99 Å². The van der Waals surface area contributed by atoms with Gasteiger partial charge in [-0.25, -0.2) is 4.98 Å². The van der Waals surface area contributed by atoms with E-state index in [1.807, 2.05) is 0 Å². The minimum Gasteiger partial charge on any atom is -0.382 e. The summed E-state index contributed by atoms with van der Waals surface area (Å²) < 4.78 is 10.3. The molecule has 134 valence electrons. The molecule has 0 bridgehead atoms. The molecule has 1 aromatic rings. The standard InChI is InChI=1S/C15H28N4O2S.HI/c1-5-16-15(18-8-9-21-11-10-20-4)17-7-6-14-19-12(2)13(3)22-14;/h5-11H2,1-4H3,(H2,16,17,18);1H. The van der Waals surface area contributed by atoms with Gasteiger partial charge >= 0.3 is 0 Å². The number of guanidine groups is 1. The van der Waals surface area contributed by atoms with E-state index in [1.165, 1.54) is 9.88 Å². The fraction of sp³-hybridized carbons (Fsp3) is 0.733. The number of methoxy groups -OCH3 is 1. The molecule has 1 heterocycles. The summed E-state index contributed by atoms with van der Waals surface area (Å²) in [7, 11) is 1.67. The average Bonchev–Trinajstić information content (AvgIpc) is 2.81. The van der Waals surface area contributed by atoms with Crippen LogP contribution in [0.2, 0.25) is 0 Å². The van der Waals surface area contributed by atoms with Crippen molar-refractivity contribution in [2.75, 3.05) is 46.6 Å². The van der Waals surface area contributed by atoms with Gasteiger partial charge in [-0.05, 0) is 20.8 Å². The first-order chi connectivity index (χ1) is 10.7. The number of hydrogen-bond donors (Lipinski definition) is 2. The van der Waals surface area contributed by atoms with Crippen LogP contribution in [0.25, 0.3) is 0 Å². The number of nitrogens with one attached hydrogen (secondary N) is 2. The van der Waals surface area contributed by atoms with Gasteiger partial charge in [0.2, 0.25) is 0 Å². The Balaban J connectivity index is 0.00000484. The molecular weight excluding hydrogens is 427 g/mol. The number of ether oxygens (including phenoxy) is 2. The monoisotopic (exact) mass is 456 g/mol. The number of thiazole rings is 1. The van der Waals surface area contributed by atoms with Crippen LogP contribution in [0.5, 0.6) is 0 Å². The SMILES string of the molecule is CCNC(=NCCOCCOC)NCCc1nc(C)c(C)s1.I. The van der Waals surface area contributed by atoms with E-state index in [2.05, 4.69) is 41.4 Å². The summed E-state index contributed by atoms with van der Waals surface area (Å²) in [5.41, 5.74) is 1.13. The number of hydrogen-bond acceptors (Lipinski definition) is 5. The fourth-order valence-corrected chi connectivity index (χ4v) is 2.68. The smallest absolute Gasteiger partial charge is 0.191 e. The summed E-state index contributed by atoms with van der Waals surface area (Å²) in [6, 6.07) is 0. The van der Waals surface area contributed by atoms with Crippen LogP contribution in [0.15, 0.2) is 4.99 Å². The molecule has 0 saturated heterocycles. The van der Waals surface area contributed by atoms with Gasteiger partial charge in [-0.1, -0.05) is 0 Å². The van der Waals surface area contributed by atoms with Crippen LogP contribution in [-0.2, 0) is 15.9 Å². The van der Waals surface area contributed by atoms with Gasteiger partial charge in [0.25, 0.3) is 0 Å². The Morgan fingerprint density at radius 2 is 2.00 bits per heavy atom. The molecule has 0 aliphatic carbocycles. The molecule has 0 fully saturated rings. The molecule has 6 nitrogen and oxygen atoms in total. The quantitative estimate of drug-likeness (QED) is 0.245. The van der Waals surface area contributed by atoms with Crippen molar-refractivity contribution in [1.29, 1.82) is 0 Å². The Kier molecular flexibility index (Phi) is 13.7. The molecule has 1 rings (SSSR count). The van der Waals surface area contributed by atoms with Crippen molar-refractivity contribution >= 4 is 41.3 Å². The van der Waals surface area contributed by atoms with Crippen LogP contribution in [0, 0.1) is 13.8 Å². The molecule has 0 radical (unpaired) electrons. The molecule has 0 aliphatic heterocycles. The highest BCUT2D eigenvalue weighted by atomic mass is 127. The lowest BCUT2D eigenvalue weighted by Gasteiger charge is -2.10. The average molecular weight is 456 g/mol. The van der Waals surface area contributed by atoms with Crippen LogP contribution in [0.4, 0.5) is 0 Å². The van der Waals surface area contributed by atoms with Gasteiger partial charge in [0.15, 0.2) is 5.96 Å². The molecule has 8 heteroatoms. The van der Waals surface area contributed by atoms with E-state index in [4.69, 9.17) is 9.47 Å². The zero-order valence-corrected chi connectivity index (χ0v) is 17.6. The molecule has 0 amide bonds. The largest absolute Gasteiger partial charge is 0.382 e. The molecule has 0 atom stereocenters. The molecule has 23 heavy (non-hydrogen) atoms. The second kappa shape index (κ2) is 13.9. The van der Waals surface area contributed by atoms with Crippen LogP contribution in [0.1, 0.15) is 22.5 Å². The number of nitrogens with zero attached hydrogens (tertiary/aromatic N) is 2. The Morgan fingerprint density at radius 1 is 1.22 bits per heavy atom. The topological polar surface area (TPSA) is 67.8 Å². The summed E-state index contributed by atoms with van der Waals surface area (Å²) in [4.78, 5) is 10.3. The van der Waals surface area contributed by atoms with Crippen LogP contribution in [0.3, 0.4) is 0 Å². The van der Waals surface area contributed by atoms with E-state index < -0.39 is 0 Å². The van der Waals surface area contributed by atoms with Gasteiger partial charge in [-0.15, -0.1) is 35.3 Å². The van der Waals surface area contributed by atoms with E-state index >= 15 is 0 Å². The zero-order chi connectivity index (χ0) is 16.2. The minimum absolute atomic E-state index is 0. The summed E-state index contributed by atoms with van der Waals surface area (Å²) in [5, 5.41) is 7.72. The second-order valence-corrected chi connectivity index (χ2v) is 6.08. The summed E-state index contributed by atoms with van der Waals surface area (Å²) >= 11 is 1.77. The van der Waals surface area contributed by atoms with E-state index in [0.29, 0.717) is 26.4 Å². The molecule has 2 N–H and O–H groups in total. The Hall–Kier alpha value is -0.450. The van der Waals surface area contributed by atoms with Gasteiger partial charge in [-0.2, -0.15) is 0 Å². The number of aliphatic imine (C=N–C) groups is 1.